The summed E-state index contributed by atoms with van der Waals surface area (Å²) in [5.74, 6) is 0.129. The third-order valence-electron chi connectivity index (χ3n) is 6.16. The maximum absolute atomic E-state index is 13.1. The van der Waals surface area contributed by atoms with Gasteiger partial charge in [-0.25, -0.2) is 0 Å². The number of carbonyl (C=O) groups is 2. The number of nitrogens with one attached hydrogen (secondary N) is 3. The first-order valence-corrected chi connectivity index (χ1v) is 12.8. The van der Waals surface area contributed by atoms with Gasteiger partial charge in [0.1, 0.15) is 4.83 Å². The number of aryl methyl sites for hydroxylation is 2. The average molecular weight is 489 g/mol. The largest absolute Gasteiger partial charge is 0.321 e. The second-order valence-corrected chi connectivity index (χ2v) is 10.8. The summed E-state index contributed by atoms with van der Waals surface area (Å²) in [5, 5.41) is 13.9. The first-order chi connectivity index (χ1) is 16.7. The smallest absolute Gasteiger partial charge is 0.265 e. The molecule has 0 fully saturated rings. The molecule has 7 heteroatoms. The molecule has 0 aliphatic heterocycles. The molecule has 0 aliphatic rings. The maximum Gasteiger partial charge on any atom is 0.265 e. The molecular formula is C28H32N4O2S. The number of thiophene rings is 1. The fourth-order valence-corrected chi connectivity index (χ4v) is 4.98. The van der Waals surface area contributed by atoms with Gasteiger partial charge in [-0.05, 0) is 46.6 Å². The van der Waals surface area contributed by atoms with Gasteiger partial charge >= 0.3 is 0 Å². The zero-order valence-electron chi connectivity index (χ0n) is 20.9. The second kappa shape index (κ2) is 10.0. The van der Waals surface area contributed by atoms with E-state index in [0.29, 0.717) is 10.7 Å². The molecule has 0 saturated heterocycles. The van der Waals surface area contributed by atoms with Crippen molar-refractivity contribution in [2.24, 2.45) is 0 Å². The zero-order valence-corrected chi connectivity index (χ0v) is 21.7. The lowest BCUT2D eigenvalue weighted by Gasteiger charge is -2.19. The predicted octanol–water partition coefficient (Wildman–Crippen LogP) is 6.48. The number of aromatic nitrogens is 2. The van der Waals surface area contributed by atoms with Crippen LogP contribution in [0.3, 0.4) is 0 Å². The van der Waals surface area contributed by atoms with E-state index in [4.69, 9.17) is 0 Å². The van der Waals surface area contributed by atoms with Crippen LogP contribution in [0.1, 0.15) is 66.5 Å². The van der Waals surface area contributed by atoms with Crippen LogP contribution in [0.5, 0.6) is 0 Å². The van der Waals surface area contributed by atoms with Crippen molar-refractivity contribution in [2.45, 2.75) is 59.3 Å². The standard InChI is InChI=1S/C28H32N4O2S/c1-6-18-9-8-10-19(7-2)24(18)30-26(34)22-16-21-25(31-32-27(21)35-22)29-23(33)15-17-11-13-20(14-12-17)28(3,4)5/h8-14,16H,6-7,15H2,1-5H3,(H,30,34)(H2,29,31,32,33). The Labute approximate surface area is 210 Å². The molecule has 4 rings (SSSR count). The molecule has 35 heavy (non-hydrogen) atoms. The number of hydrogen-bond donors (Lipinski definition) is 3. The highest BCUT2D eigenvalue weighted by molar-refractivity contribution is 7.20. The average Bonchev–Trinajstić information content (AvgIpc) is 3.41. The maximum atomic E-state index is 13.1. The van der Waals surface area contributed by atoms with Crippen LogP contribution in [0.4, 0.5) is 11.5 Å². The van der Waals surface area contributed by atoms with E-state index >= 15 is 0 Å². The summed E-state index contributed by atoms with van der Waals surface area (Å²) in [6.45, 7) is 10.7. The number of benzene rings is 2. The third kappa shape index (κ3) is 5.46. The Bertz CT molecular complexity index is 1340. The van der Waals surface area contributed by atoms with Crippen LogP contribution < -0.4 is 10.6 Å². The quantitative estimate of drug-likeness (QED) is 0.278. The number of para-hydroxylation sites is 1. The molecule has 0 aliphatic carbocycles. The SMILES string of the molecule is CCc1cccc(CC)c1NC(=O)c1cc2c(NC(=O)Cc3ccc(C(C)(C)C)cc3)n[nH]c2s1. The van der Waals surface area contributed by atoms with Crippen LogP contribution in [0.15, 0.2) is 48.5 Å². The number of carbonyl (C=O) groups excluding carboxylic acids is 2. The van der Waals surface area contributed by atoms with Crippen molar-refractivity contribution in [2.75, 3.05) is 10.6 Å². The summed E-state index contributed by atoms with van der Waals surface area (Å²) in [5.41, 5.74) is 5.36. The van der Waals surface area contributed by atoms with Crippen molar-refractivity contribution in [1.82, 2.24) is 10.2 Å². The molecule has 2 aromatic carbocycles. The van der Waals surface area contributed by atoms with Crippen molar-refractivity contribution < 1.29 is 9.59 Å². The Balaban J connectivity index is 1.47. The van der Waals surface area contributed by atoms with Gasteiger partial charge in [-0.15, -0.1) is 11.3 Å². The lowest BCUT2D eigenvalue weighted by atomic mass is 9.86. The number of amides is 2. The number of hydrogen-bond acceptors (Lipinski definition) is 4. The van der Waals surface area contributed by atoms with Crippen molar-refractivity contribution in [3.63, 3.8) is 0 Å². The molecule has 0 radical (unpaired) electrons. The molecule has 182 valence electrons. The molecule has 2 amide bonds. The molecule has 4 aromatic rings. The molecular weight excluding hydrogens is 456 g/mol. The summed E-state index contributed by atoms with van der Waals surface area (Å²) in [4.78, 5) is 27.1. The van der Waals surface area contributed by atoms with Crippen molar-refractivity contribution in [3.8, 4) is 0 Å². The van der Waals surface area contributed by atoms with Crippen LogP contribution in [0.2, 0.25) is 0 Å². The van der Waals surface area contributed by atoms with Crippen molar-refractivity contribution >= 4 is 44.9 Å². The minimum atomic E-state index is -0.161. The molecule has 6 nitrogen and oxygen atoms in total. The van der Waals surface area contributed by atoms with E-state index in [1.54, 1.807) is 6.07 Å². The Kier molecular flexibility index (Phi) is 7.08. The highest BCUT2D eigenvalue weighted by atomic mass is 32.1. The molecule has 2 heterocycles. The first-order valence-electron chi connectivity index (χ1n) is 12.0. The summed E-state index contributed by atoms with van der Waals surface area (Å²) < 4.78 is 0. The van der Waals surface area contributed by atoms with Crippen molar-refractivity contribution in [1.29, 1.82) is 0 Å². The van der Waals surface area contributed by atoms with Gasteiger partial charge in [0, 0.05) is 5.69 Å². The number of aromatic amines is 1. The Morgan fingerprint density at radius 3 is 2.23 bits per heavy atom. The highest BCUT2D eigenvalue weighted by Gasteiger charge is 2.19. The van der Waals surface area contributed by atoms with Gasteiger partial charge in [0.2, 0.25) is 5.91 Å². The third-order valence-corrected chi connectivity index (χ3v) is 7.20. The Hall–Kier alpha value is -3.45. The predicted molar refractivity (Wildman–Crippen MR) is 145 cm³/mol. The number of H-pyrrole nitrogens is 1. The fraction of sp³-hybridized carbons (Fsp3) is 0.321. The van der Waals surface area contributed by atoms with Gasteiger partial charge < -0.3 is 10.6 Å². The van der Waals surface area contributed by atoms with E-state index in [2.05, 4.69) is 67.6 Å². The lowest BCUT2D eigenvalue weighted by Crippen LogP contribution is -2.15. The van der Waals surface area contributed by atoms with Crippen LogP contribution in [-0.2, 0) is 29.5 Å². The first kappa shape index (κ1) is 24.7. The summed E-state index contributed by atoms with van der Waals surface area (Å²) in [7, 11) is 0. The molecule has 2 aromatic heterocycles. The van der Waals surface area contributed by atoms with E-state index in [1.807, 2.05) is 30.3 Å². The van der Waals surface area contributed by atoms with E-state index in [9.17, 15) is 9.59 Å². The van der Waals surface area contributed by atoms with Crippen LogP contribution >= 0.6 is 11.3 Å². The monoisotopic (exact) mass is 488 g/mol. The molecule has 3 N–H and O–H groups in total. The molecule has 0 bridgehead atoms. The molecule has 0 atom stereocenters. The highest BCUT2D eigenvalue weighted by Crippen LogP contribution is 2.31. The Morgan fingerprint density at radius 2 is 1.63 bits per heavy atom. The fourth-order valence-electron chi connectivity index (χ4n) is 4.09. The summed E-state index contributed by atoms with van der Waals surface area (Å²) in [6, 6.07) is 16.0. The van der Waals surface area contributed by atoms with E-state index in [-0.39, 0.29) is 23.7 Å². The topological polar surface area (TPSA) is 86.9 Å². The van der Waals surface area contributed by atoms with Gasteiger partial charge in [0.05, 0.1) is 16.7 Å². The molecule has 0 unspecified atom stereocenters. The van der Waals surface area contributed by atoms with E-state index in [1.165, 1.54) is 16.9 Å². The van der Waals surface area contributed by atoms with E-state index < -0.39 is 0 Å². The van der Waals surface area contributed by atoms with Crippen molar-refractivity contribution in [3.05, 3.63) is 75.7 Å². The number of anilines is 2. The lowest BCUT2D eigenvalue weighted by molar-refractivity contribution is -0.115. The minimum Gasteiger partial charge on any atom is -0.321 e. The Morgan fingerprint density at radius 1 is 0.971 bits per heavy atom. The van der Waals surface area contributed by atoms with Crippen LogP contribution in [0, 0.1) is 0 Å². The minimum absolute atomic E-state index is 0.0705. The number of nitrogens with zero attached hydrogens (tertiary/aromatic N) is 1. The summed E-state index contributed by atoms with van der Waals surface area (Å²) >= 11 is 1.33. The van der Waals surface area contributed by atoms with Gasteiger partial charge in [0.15, 0.2) is 5.82 Å². The number of rotatable bonds is 7. The van der Waals surface area contributed by atoms with Gasteiger partial charge in [-0.1, -0.05) is 77.1 Å². The molecule has 0 saturated carbocycles. The van der Waals surface area contributed by atoms with E-state index in [0.717, 1.165) is 45.4 Å². The van der Waals surface area contributed by atoms with Crippen LogP contribution in [0.25, 0.3) is 10.2 Å². The zero-order chi connectivity index (χ0) is 25.2. The normalized spacial score (nSPS) is 11.6. The second-order valence-electron chi connectivity index (χ2n) is 9.71. The molecule has 0 spiro atoms. The number of fused-ring (bicyclic) bond motifs is 1. The van der Waals surface area contributed by atoms with Gasteiger partial charge in [0.25, 0.3) is 5.91 Å². The van der Waals surface area contributed by atoms with Gasteiger partial charge in [-0.3, -0.25) is 14.7 Å². The van der Waals surface area contributed by atoms with Gasteiger partial charge in [-0.2, -0.15) is 5.10 Å². The van der Waals surface area contributed by atoms with Crippen LogP contribution in [-0.4, -0.2) is 22.0 Å². The summed E-state index contributed by atoms with van der Waals surface area (Å²) in [6.07, 6.45) is 1.94.